The predicted molar refractivity (Wildman–Crippen MR) is 48.1 cm³/mol. The van der Waals surface area contributed by atoms with Crippen LogP contribution in [0.5, 0.6) is 0 Å². The highest BCUT2D eigenvalue weighted by molar-refractivity contribution is 6.08. The monoisotopic (exact) mass is 286 g/mol. The maximum absolute atomic E-state index is 12.5. The second-order valence-electron chi connectivity index (χ2n) is 3.14. The van der Waals surface area contributed by atoms with Crippen LogP contribution in [0, 0.1) is 0 Å². The van der Waals surface area contributed by atoms with Gasteiger partial charge in [-0.25, -0.2) is 9.97 Å². The Bertz CT molecular complexity index is 506. The maximum Gasteiger partial charge on any atom is 0.449 e. The van der Waals surface area contributed by atoms with Crippen LogP contribution in [-0.2, 0) is 0 Å². The molecule has 0 aliphatic heterocycles. The summed E-state index contributed by atoms with van der Waals surface area (Å²) in [6.45, 7) is 0. The summed E-state index contributed by atoms with van der Waals surface area (Å²) in [6, 6.07) is 0.692. The van der Waals surface area contributed by atoms with Gasteiger partial charge in [-0.15, -0.1) is 0 Å². The van der Waals surface area contributed by atoms with E-state index < -0.39 is 35.2 Å². The number of nitrogens with zero attached hydrogens (tertiary/aromatic N) is 2. The smallest absolute Gasteiger partial charge is 0.449 e. The third-order valence-electron chi connectivity index (χ3n) is 1.83. The Morgan fingerprint density at radius 3 is 2.05 bits per heavy atom. The molecule has 0 unspecified atom stereocenters. The zero-order chi connectivity index (χ0) is 14.8. The Hall–Kier alpha value is -2.13. The first kappa shape index (κ1) is 14.9. The fourth-order valence-corrected chi connectivity index (χ4v) is 1.07. The van der Waals surface area contributed by atoms with Gasteiger partial charge in [0.15, 0.2) is 5.57 Å². The van der Waals surface area contributed by atoms with Crippen molar-refractivity contribution in [3.8, 4) is 0 Å². The molecule has 10 heteroatoms. The van der Waals surface area contributed by atoms with Crippen molar-refractivity contribution in [2.45, 2.75) is 12.4 Å². The zero-order valence-electron chi connectivity index (χ0n) is 8.75. The molecule has 0 spiro atoms. The Kier molecular flexibility index (Phi) is 3.82. The summed E-state index contributed by atoms with van der Waals surface area (Å²) in [5.74, 6) is -5.10. The molecule has 19 heavy (non-hydrogen) atoms. The molecule has 0 amide bonds. The van der Waals surface area contributed by atoms with Crippen LogP contribution < -0.4 is 0 Å². The summed E-state index contributed by atoms with van der Waals surface area (Å²) in [7, 11) is 0. The molecular formula is C9H4F6N2O2. The molecule has 1 N–H and O–H groups in total. The molecule has 104 valence electrons. The number of hydrogen-bond acceptors (Lipinski definition) is 4. The van der Waals surface area contributed by atoms with Gasteiger partial charge in [-0.2, -0.15) is 26.3 Å². The van der Waals surface area contributed by atoms with Gasteiger partial charge in [0.25, 0.3) is 0 Å². The van der Waals surface area contributed by atoms with E-state index in [-0.39, 0.29) is 0 Å². The van der Waals surface area contributed by atoms with Crippen LogP contribution >= 0.6 is 0 Å². The quantitative estimate of drug-likeness (QED) is 0.393. The minimum absolute atomic E-state index is 0.686. The number of aliphatic hydroxyl groups is 1. The summed E-state index contributed by atoms with van der Waals surface area (Å²) >= 11 is 0. The van der Waals surface area contributed by atoms with E-state index >= 15 is 0 Å². The molecule has 0 bridgehead atoms. The lowest BCUT2D eigenvalue weighted by atomic mass is 10.1. The van der Waals surface area contributed by atoms with E-state index in [1.54, 1.807) is 0 Å². The molecular weight excluding hydrogens is 282 g/mol. The van der Waals surface area contributed by atoms with Crippen molar-refractivity contribution >= 4 is 5.78 Å². The fraction of sp³-hybridized carbons (Fsp3) is 0.222. The molecule has 0 radical (unpaired) electrons. The van der Waals surface area contributed by atoms with Gasteiger partial charge < -0.3 is 5.11 Å². The van der Waals surface area contributed by atoms with Crippen molar-refractivity contribution < 1.29 is 36.2 Å². The molecule has 0 aliphatic carbocycles. The van der Waals surface area contributed by atoms with E-state index in [1.807, 2.05) is 0 Å². The molecule has 1 aromatic rings. The Morgan fingerprint density at radius 2 is 1.68 bits per heavy atom. The molecule has 0 atom stereocenters. The summed E-state index contributed by atoms with van der Waals surface area (Å²) in [4.78, 5) is 17.8. The van der Waals surface area contributed by atoms with Crippen molar-refractivity contribution in [1.29, 1.82) is 0 Å². The number of aliphatic hydroxyl groups excluding tert-OH is 1. The van der Waals surface area contributed by atoms with E-state index in [2.05, 4.69) is 9.97 Å². The third kappa shape index (κ3) is 3.42. The van der Waals surface area contributed by atoms with Crippen LogP contribution in [-0.4, -0.2) is 33.2 Å². The van der Waals surface area contributed by atoms with Crippen LogP contribution in [0.4, 0.5) is 26.3 Å². The van der Waals surface area contributed by atoms with Gasteiger partial charge >= 0.3 is 12.4 Å². The van der Waals surface area contributed by atoms with Crippen LogP contribution in [0.1, 0.15) is 10.5 Å². The third-order valence-corrected chi connectivity index (χ3v) is 1.83. The van der Waals surface area contributed by atoms with Gasteiger partial charge in [0.05, 0.1) is 0 Å². The van der Waals surface area contributed by atoms with Crippen molar-refractivity contribution in [2.24, 2.45) is 0 Å². The van der Waals surface area contributed by atoms with Gasteiger partial charge in [-0.3, -0.25) is 4.79 Å². The Morgan fingerprint density at radius 1 is 1.11 bits per heavy atom. The van der Waals surface area contributed by atoms with Gasteiger partial charge in [0.2, 0.25) is 11.5 Å². The molecule has 1 rings (SSSR count). The number of carbonyl (C=O) groups excluding carboxylic acids is 1. The standard InChI is InChI=1S/C9H4F6N2O2/c10-8(11,12)5(7(19)9(13,14)15)6(18)4-1-2-16-3-17-4/h1-3,19H/b7-5+. The maximum atomic E-state index is 12.5. The second kappa shape index (κ2) is 4.86. The number of ketones is 1. The van der Waals surface area contributed by atoms with Crippen LogP contribution in [0.2, 0.25) is 0 Å². The Balaban J connectivity index is 3.41. The number of Topliss-reactive ketones (excluding diaryl/α,β-unsaturated/α-hetero) is 1. The molecule has 1 aromatic heterocycles. The normalized spacial score (nSPS) is 14.0. The van der Waals surface area contributed by atoms with E-state index in [0.717, 1.165) is 6.20 Å². The largest absolute Gasteiger partial charge is 0.504 e. The minimum atomic E-state index is -5.70. The minimum Gasteiger partial charge on any atom is -0.504 e. The number of rotatable bonds is 2. The molecule has 0 saturated carbocycles. The van der Waals surface area contributed by atoms with Crippen molar-refractivity contribution in [3.63, 3.8) is 0 Å². The number of halogens is 6. The predicted octanol–water partition coefficient (Wildman–Crippen LogP) is 2.60. The molecule has 1 heterocycles. The van der Waals surface area contributed by atoms with Gasteiger partial charge in [0.1, 0.15) is 12.0 Å². The summed E-state index contributed by atoms with van der Waals surface area (Å²) in [5.41, 5.74) is -3.64. The lowest BCUT2D eigenvalue weighted by molar-refractivity contribution is -0.136. The molecule has 0 fully saturated rings. The number of carbonyl (C=O) groups is 1. The first-order valence-corrected chi connectivity index (χ1v) is 4.43. The van der Waals surface area contributed by atoms with Crippen LogP contribution in [0.15, 0.2) is 29.9 Å². The van der Waals surface area contributed by atoms with Crippen LogP contribution in [0.25, 0.3) is 0 Å². The summed E-state index contributed by atoms with van der Waals surface area (Å²) in [6.07, 6.45) is -9.82. The highest BCUT2D eigenvalue weighted by atomic mass is 19.4. The average molecular weight is 286 g/mol. The van der Waals surface area contributed by atoms with Crippen molar-refractivity contribution in [1.82, 2.24) is 9.97 Å². The topological polar surface area (TPSA) is 63.1 Å². The van der Waals surface area contributed by atoms with E-state index in [4.69, 9.17) is 5.11 Å². The van der Waals surface area contributed by atoms with Crippen molar-refractivity contribution in [3.05, 3.63) is 35.6 Å². The molecule has 0 aromatic carbocycles. The van der Waals surface area contributed by atoms with Crippen LogP contribution in [0.3, 0.4) is 0 Å². The molecule has 0 aliphatic rings. The van der Waals surface area contributed by atoms with Crippen molar-refractivity contribution in [2.75, 3.05) is 0 Å². The first-order chi connectivity index (χ1) is 8.55. The first-order valence-electron chi connectivity index (χ1n) is 4.43. The number of alkyl halides is 6. The zero-order valence-corrected chi connectivity index (χ0v) is 8.75. The number of hydrogen-bond donors (Lipinski definition) is 1. The van der Waals surface area contributed by atoms with Gasteiger partial charge in [0, 0.05) is 6.20 Å². The highest BCUT2D eigenvalue weighted by Crippen LogP contribution is 2.36. The summed E-state index contributed by atoms with van der Waals surface area (Å²) < 4.78 is 73.7. The Labute approximate surface area is 101 Å². The molecule has 4 nitrogen and oxygen atoms in total. The second-order valence-corrected chi connectivity index (χ2v) is 3.14. The number of aromatic nitrogens is 2. The SMILES string of the molecule is O=C(/C(=C(\O)C(F)(F)F)C(F)(F)F)c1ccncn1. The van der Waals surface area contributed by atoms with E-state index in [1.165, 1.54) is 0 Å². The highest BCUT2D eigenvalue weighted by Gasteiger charge is 2.49. The lowest BCUT2D eigenvalue weighted by Crippen LogP contribution is -2.28. The molecule has 0 saturated heterocycles. The van der Waals surface area contributed by atoms with E-state index in [0.29, 0.717) is 12.4 Å². The lowest BCUT2D eigenvalue weighted by Gasteiger charge is -2.14. The van der Waals surface area contributed by atoms with E-state index in [9.17, 15) is 31.1 Å². The van der Waals surface area contributed by atoms with Gasteiger partial charge in [-0.1, -0.05) is 0 Å². The number of allylic oxidation sites excluding steroid dienone is 2. The average Bonchev–Trinajstić information content (AvgIpc) is 2.27. The van der Waals surface area contributed by atoms with Gasteiger partial charge in [-0.05, 0) is 6.07 Å². The fourth-order valence-electron chi connectivity index (χ4n) is 1.07. The summed E-state index contributed by atoms with van der Waals surface area (Å²) in [5, 5.41) is 8.58.